The number of nitrogens with one attached hydrogen (secondary N) is 1. The zero-order valence-corrected chi connectivity index (χ0v) is 19.8. The van der Waals surface area contributed by atoms with Crippen molar-refractivity contribution in [3.8, 4) is 11.5 Å². The molecule has 0 radical (unpaired) electrons. The first-order valence-corrected chi connectivity index (χ1v) is 10.4. The largest absolute Gasteiger partial charge is 0.495 e. The van der Waals surface area contributed by atoms with Gasteiger partial charge < -0.3 is 19.2 Å². The molecule has 0 saturated heterocycles. The molecule has 0 unspecified atom stereocenters. The van der Waals surface area contributed by atoms with Crippen LogP contribution in [0.5, 0.6) is 11.5 Å². The molecule has 1 amide bonds. The summed E-state index contributed by atoms with van der Waals surface area (Å²) in [5.74, 6) is 1.46. The van der Waals surface area contributed by atoms with Gasteiger partial charge in [0.15, 0.2) is 5.76 Å². The fourth-order valence-corrected chi connectivity index (χ4v) is 3.98. The normalized spacial score (nSPS) is 10.8. The van der Waals surface area contributed by atoms with Gasteiger partial charge in [0.1, 0.15) is 17.3 Å². The first kappa shape index (κ1) is 22.8. The third kappa shape index (κ3) is 4.42. The van der Waals surface area contributed by atoms with Crippen molar-refractivity contribution in [3.63, 3.8) is 0 Å². The molecule has 0 atom stereocenters. The Hall–Kier alpha value is -2.92. The van der Waals surface area contributed by atoms with Crippen LogP contribution in [0.4, 0.5) is 5.69 Å². The molecule has 6 heteroatoms. The Balaban J connectivity index is 1.85. The summed E-state index contributed by atoms with van der Waals surface area (Å²) in [6.45, 7) is 10.7. The Morgan fingerprint density at radius 1 is 0.903 bits per heavy atom. The van der Waals surface area contributed by atoms with E-state index in [1.165, 1.54) is 47.6 Å². The highest BCUT2D eigenvalue weighted by molar-refractivity contribution is 6.32. The fraction of sp³-hybridized carbons (Fsp3) is 0.320. The molecule has 0 bridgehead atoms. The molecule has 3 aromatic rings. The van der Waals surface area contributed by atoms with Gasteiger partial charge in [0.05, 0.1) is 24.9 Å². The molecule has 31 heavy (non-hydrogen) atoms. The number of benzene rings is 2. The van der Waals surface area contributed by atoms with Crippen molar-refractivity contribution in [2.24, 2.45) is 0 Å². The molecule has 0 fully saturated rings. The van der Waals surface area contributed by atoms with Gasteiger partial charge in [-0.1, -0.05) is 11.6 Å². The van der Waals surface area contributed by atoms with Gasteiger partial charge in [0.2, 0.25) is 0 Å². The second-order valence-corrected chi connectivity index (χ2v) is 8.09. The lowest BCUT2D eigenvalue weighted by Crippen LogP contribution is -2.12. The van der Waals surface area contributed by atoms with E-state index in [0.29, 0.717) is 28.6 Å². The van der Waals surface area contributed by atoms with Crippen LogP contribution in [0.2, 0.25) is 5.02 Å². The van der Waals surface area contributed by atoms with Crippen molar-refractivity contribution in [3.05, 3.63) is 74.2 Å². The summed E-state index contributed by atoms with van der Waals surface area (Å²) >= 11 is 6.14. The smallest absolute Gasteiger partial charge is 0.291 e. The minimum absolute atomic E-state index is 0.224. The average Bonchev–Trinajstić information content (AvgIpc) is 3.23. The minimum atomic E-state index is -0.376. The van der Waals surface area contributed by atoms with Crippen molar-refractivity contribution < 1.29 is 18.7 Å². The van der Waals surface area contributed by atoms with Gasteiger partial charge in [-0.05, 0) is 80.1 Å². The maximum Gasteiger partial charge on any atom is 0.291 e. The van der Waals surface area contributed by atoms with E-state index in [1.54, 1.807) is 18.2 Å². The predicted octanol–water partition coefficient (Wildman–Crippen LogP) is 6.34. The average molecular weight is 442 g/mol. The number of amides is 1. The first-order valence-electron chi connectivity index (χ1n) is 10.0. The third-order valence-electron chi connectivity index (χ3n) is 6.11. The van der Waals surface area contributed by atoms with Gasteiger partial charge in [-0.15, -0.1) is 0 Å². The third-order valence-corrected chi connectivity index (χ3v) is 6.41. The summed E-state index contributed by atoms with van der Waals surface area (Å²) in [5.41, 5.74) is 8.14. The first-order chi connectivity index (χ1) is 14.7. The molecular formula is C25H28ClNO4. The highest BCUT2D eigenvalue weighted by Gasteiger charge is 2.18. The number of furan rings is 1. The van der Waals surface area contributed by atoms with Crippen LogP contribution in [0.25, 0.3) is 0 Å². The van der Waals surface area contributed by atoms with Crippen LogP contribution in [0.1, 0.15) is 49.7 Å². The molecule has 2 aromatic carbocycles. The summed E-state index contributed by atoms with van der Waals surface area (Å²) in [5, 5.41) is 3.20. The number of halogens is 1. The van der Waals surface area contributed by atoms with Crippen LogP contribution in [0.3, 0.4) is 0 Å². The number of carbonyl (C=O) groups excluding carboxylic acids is 1. The lowest BCUT2D eigenvalue weighted by molar-refractivity contribution is 0.0994. The summed E-state index contributed by atoms with van der Waals surface area (Å²) in [7, 11) is 3.02. The van der Waals surface area contributed by atoms with E-state index < -0.39 is 0 Å². The van der Waals surface area contributed by atoms with Gasteiger partial charge in [-0.25, -0.2) is 0 Å². The summed E-state index contributed by atoms with van der Waals surface area (Å²) in [6, 6.07) is 6.74. The van der Waals surface area contributed by atoms with E-state index in [4.69, 9.17) is 25.5 Å². The molecule has 0 aliphatic rings. The molecule has 1 aromatic heterocycles. The van der Waals surface area contributed by atoms with E-state index in [9.17, 15) is 4.79 Å². The van der Waals surface area contributed by atoms with Gasteiger partial charge in [-0.2, -0.15) is 0 Å². The molecule has 0 aliphatic carbocycles. The molecule has 0 saturated carbocycles. The molecular weight excluding hydrogens is 414 g/mol. The quantitative estimate of drug-likeness (QED) is 0.485. The molecule has 0 spiro atoms. The van der Waals surface area contributed by atoms with Crippen molar-refractivity contribution in [1.82, 2.24) is 0 Å². The Morgan fingerprint density at radius 3 is 2.06 bits per heavy atom. The van der Waals surface area contributed by atoms with Crippen molar-refractivity contribution in [1.29, 1.82) is 0 Å². The van der Waals surface area contributed by atoms with Crippen molar-refractivity contribution >= 4 is 23.2 Å². The Kier molecular flexibility index (Phi) is 6.65. The fourth-order valence-electron chi connectivity index (χ4n) is 3.75. The number of methoxy groups -OCH3 is 2. The van der Waals surface area contributed by atoms with Crippen LogP contribution < -0.4 is 14.8 Å². The van der Waals surface area contributed by atoms with E-state index in [1.807, 2.05) is 6.07 Å². The standard InChI is InChI=1S/C25H28ClNO4/c1-13-14(2)16(4)19(17(5)15(13)3)10-18-8-9-22(31-18)25(28)27-21-12-23(29-6)20(26)11-24(21)30-7/h8-9,11-12H,10H2,1-7H3,(H,27,28). The maximum absolute atomic E-state index is 12.8. The molecule has 164 valence electrons. The predicted molar refractivity (Wildman–Crippen MR) is 124 cm³/mol. The van der Waals surface area contributed by atoms with Crippen LogP contribution in [0, 0.1) is 34.6 Å². The Bertz CT molecular complexity index is 1120. The van der Waals surface area contributed by atoms with Crippen LogP contribution in [-0.4, -0.2) is 20.1 Å². The number of rotatable bonds is 6. The van der Waals surface area contributed by atoms with E-state index in [0.717, 1.165) is 5.76 Å². The number of anilines is 1. The molecule has 3 rings (SSSR count). The second-order valence-electron chi connectivity index (χ2n) is 7.69. The van der Waals surface area contributed by atoms with E-state index >= 15 is 0 Å². The van der Waals surface area contributed by atoms with Gasteiger partial charge >= 0.3 is 0 Å². The SMILES string of the molecule is COc1cc(NC(=O)c2ccc(Cc3c(C)c(C)c(C)c(C)c3C)o2)c(OC)cc1Cl. The Labute approximate surface area is 188 Å². The number of ether oxygens (including phenoxy) is 2. The van der Waals surface area contributed by atoms with Crippen LogP contribution in [0.15, 0.2) is 28.7 Å². The maximum atomic E-state index is 12.8. The van der Waals surface area contributed by atoms with Crippen LogP contribution >= 0.6 is 11.6 Å². The lowest BCUT2D eigenvalue weighted by Gasteiger charge is -2.18. The second kappa shape index (κ2) is 9.06. The highest BCUT2D eigenvalue weighted by Crippen LogP contribution is 2.36. The zero-order valence-electron chi connectivity index (χ0n) is 19.0. The monoisotopic (exact) mass is 441 g/mol. The van der Waals surface area contributed by atoms with E-state index in [2.05, 4.69) is 39.9 Å². The summed E-state index contributed by atoms with van der Waals surface area (Å²) in [4.78, 5) is 12.8. The molecule has 1 heterocycles. The lowest BCUT2D eigenvalue weighted by atomic mass is 9.88. The van der Waals surface area contributed by atoms with Crippen LogP contribution in [-0.2, 0) is 6.42 Å². The molecule has 1 N–H and O–H groups in total. The zero-order chi connectivity index (χ0) is 22.9. The molecule has 0 aliphatic heterocycles. The van der Waals surface area contributed by atoms with Gasteiger partial charge in [0, 0.05) is 18.6 Å². The van der Waals surface area contributed by atoms with Gasteiger partial charge in [0.25, 0.3) is 5.91 Å². The minimum Gasteiger partial charge on any atom is -0.495 e. The topological polar surface area (TPSA) is 60.7 Å². The van der Waals surface area contributed by atoms with Gasteiger partial charge in [-0.3, -0.25) is 4.79 Å². The molecule has 5 nitrogen and oxygen atoms in total. The summed E-state index contributed by atoms with van der Waals surface area (Å²) in [6.07, 6.45) is 0.630. The number of carbonyl (C=O) groups is 1. The summed E-state index contributed by atoms with van der Waals surface area (Å²) < 4.78 is 16.4. The number of hydrogen-bond acceptors (Lipinski definition) is 4. The van der Waals surface area contributed by atoms with Crippen molar-refractivity contribution in [2.75, 3.05) is 19.5 Å². The highest BCUT2D eigenvalue weighted by atomic mass is 35.5. The number of hydrogen-bond donors (Lipinski definition) is 1. The van der Waals surface area contributed by atoms with Crippen molar-refractivity contribution in [2.45, 2.75) is 41.0 Å². The Morgan fingerprint density at radius 2 is 1.48 bits per heavy atom. The van der Waals surface area contributed by atoms with E-state index in [-0.39, 0.29) is 11.7 Å².